The molecule has 0 fully saturated rings. The summed E-state index contributed by atoms with van der Waals surface area (Å²) < 4.78 is 25.9. The number of nitrogens with two attached hydrogens (primary N) is 1. The van der Waals surface area contributed by atoms with Gasteiger partial charge in [0.25, 0.3) is 0 Å². The fourth-order valence-electron chi connectivity index (χ4n) is 1.38. The van der Waals surface area contributed by atoms with Crippen molar-refractivity contribution in [2.45, 2.75) is 19.3 Å². The molecule has 0 radical (unpaired) electrons. The second-order valence-corrected chi connectivity index (χ2v) is 3.78. The summed E-state index contributed by atoms with van der Waals surface area (Å²) >= 11 is 5.44. The SMILES string of the molecule is CC(CCN)c1cc(F)c(F)c(Cl)c1O. The smallest absolute Gasteiger partial charge is 0.181 e. The number of benzene rings is 1. The number of phenolic OH excluding ortho intramolecular Hbond substituents is 1. The minimum absolute atomic E-state index is 0.164. The first kappa shape index (κ1) is 12.2. The van der Waals surface area contributed by atoms with Crippen LogP contribution in [0.3, 0.4) is 0 Å². The van der Waals surface area contributed by atoms with Crippen LogP contribution in [0, 0.1) is 11.6 Å². The Morgan fingerprint density at radius 2 is 2.13 bits per heavy atom. The van der Waals surface area contributed by atoms with E-state index in [0.717, 1.165) is 6.07 Å². The van der Waals surface area contributed by atoms with Crippen molar-refractivity contribution in [3.63, 3.8) is 0 Å². The van der Waals surface area contributed by atoms with E-state index in [1.807, 2.05) is 0 Å². The van der Waals surface area contributed by atoms with Crippen molar-refractivity contribution < 1.29 is 13.9 Å². The van der Waals surface area contributed by atoms with Crippen molar-refractivity contribution in [2.75, 3.05) is 6.54 Å². The van der Waals surface area contributed by atoms with Crippen molar-refractivity contribution in [3.8, 4) is 5.75 Å². The van der Waals surface area contributed by atoms with Crippen LogP contribution in [0.4, 0.5) is 8.78 Å². The van der Waals surface area contributed by atoms with Crippen LogP contribution in [-0.2, 0) is 0 Å². The molecule has 0 amide bonds. The standard InChI is InChI=1S/C10H12ClF2NO/c1-5(2-3-14)6-4-7(12)9(13)8(11)10(6)15/h4-5,15H,2-3,14H2,1H3. The molecule has 15 heavy (non-hydrogen) atoms. The molecule has 0 aliphatic heterocycles. The molecule has 84 valence electrons. The lowest BCUT2D eigenvalue weighted by molar-refractivity contribution is 0.441. The van der Waals surface area contributed by atoms with Gasteiger partial charge in [-0.05, 0) is 24.9 Å². The maximum absolute atomic E-state index is 13.0. The highest BCUT2D eigenvalue weighted by Gasteiger charge is 2.19. The molecule has 5 heteroatoms. The van der Waals surface area contributed by atoms with Crippen LogP contribution >= 0.6 is 11.6 Å². The highest BCUT2D eigenvalue weighted by molar-refractivity contribution is 6.32. The fraction of sp³-hybridized carbons (Fsp3) is 0.400. The molecule has 1 unspecified atom stereocenters. The van der Waals surface area contributed by atoms with Crippen LogP contribution in [0.1, 0.15) is 24.8 Å². The average Bonchev–Trinajstić information content (AvgIpc) is 2.20. The first-order chi connectivity index (χ1) is 6.99. The van der Waals surface area contributed by atoms with E-state index in [1.165, 1.54) is 0 Å². The Morgan fingerprint density at radius 3 is 2.67 bits per heavy atom. The molecule has 0 aliphatic rings. The molecule has 2 nitrogen and oxygen atoms in total. The third-order valence-electron chi connectivity index (χ3n) is 2.30. The van der Waals surface area contributed by atoms with Gasteiger partial charge in [0.2, 0.25) is 0 Å². The van der Waals surface area contributed by atoms with Crippen LogP contribution < -0.4 is 5.73 Å². The van der Waals surface area contributed by atoms with Crippen LogP contribution in [0.25, 0.3) is 0 Å². The Bertz CT molecular complexity index is 371. The lowest BCUT2D eigenvalue weighted by Crippen LogP contribution is -2.05. The highest BCUT2D eigenvalue weighted by atomic mass is 35.5. The van der Waals surface area contributed by atoms with Gasteiger partial charge in [-0.3, -0.25) is 0 Å². The second kappa shape index (κ2) is 4.77. The van der Waals surface area contributed by atoms with Gasteiger partial charge in [-0.2, -0.15) is 0 Å². The van der Waals surface area contributed by atoms with E-state index in [-0.39, 0.29) is 11.5 Å². The Labute approximate surface area is 91.7 Å². The van der Waals surface area contributed by atoms with E-state index >= 15 is 0 Å². The van der Waals surface area contributed by atoms with Crippen LogP contribution in [0.2, 0.25) is 5.02 Å². The van der Waals surface area contributed by atoms with Gasteiger partial charge in [-0.25, -0.2) is 8.78 Å². The van der Waals surface area contributed by atoms with E-state index in [1.54, 1.807) is 6.92 Å². The van der Waals surface area contributed by atoms with Gasteiger partial charge in [0.1, 0.15) is 10.8 Å². The van der Waals surface area contributed by atoms with E-state index in [0.29, 0.717) is 13.0 Å². The lowest BCUT2D eigenvalue weighted by atomic mass is 9.96. The summed E-state index contributed by atoms with van der Waals surface area (Å²) in [6, 6.07) is 0.955. The Morgan fingerprint density at radius 1 is 1.53 bits per heavy atom. The summed E-state index contributed by atoms with van der Waals surface area (Å²) in [5.74, 6) is -2.85. The number of phenols is 1. The third kappa shape index (κ3) is 2.38. The maximum atomic E-state index is 13.0. The van der Waals surface area contributed by atoms with Crippen molar-refractivity contribution in [1.29, 1.82) is 0 Å². The zero-order chi connectivity index (χ0) is 11.6. The molecule has 1 aromatic carbocycles. The average molecular weight is 236 g/mol. The summed E-state index contributed by atoms with van der Waals surface area (Å²) in [6.07, 6.45) is 0.564. The third-order valence-corrected chi connectivity index (χ3v) is 2.64. The summed E-state index contributed by atoms with van der Waals surface area (Å²) in [4.78, 5) is 0. The quantitative estimate of drug-likeness (QED) is 0.792. The van der Waals surface area contributed by atoms with Crippen LogP contribution in [-0.4, -0.2) is 11.7 Å². The normalized spacial score (nSPS) is 12.9. The molecule has 0 aliphatic carbocycles. The van der Waals surface area contributed by atoms with Crippen molar-refractivity contribution >= 4 is 11.6 Å². The lowest BCUT2D eigenvalue weighted by Gasteiger charge is -2.14. The minimum Gasteiger partial charge on any atom is -0.506 e. The molecule has 0 aromatic heterocycles. The van der Waals surface area contributed by atoms with Crippen LogP contribution in [0.15, 0.2) is 6.07 Å². The number of aromatic hydroxyl groups is 1. The molecule has 0 saturated heterocycles. The first-order valence-corrected chi connectivity index (χ1v) is 4.93. The monoisotopic (exact) mass is 235 g/mol. The Kier molecular flexibility index (Phi) is 3.88. The van der Waals surface area contributed by atoms with E-state index in [2.05, 4.69) is 0 Å². The largest absolute Gasteiger partial charge is 0.506 e. The Balaban J connectivity index is 3.19. The van der Waals surface area contributed by atoms with Crippen molar-refractivity contribution in [1.82, 2.24) is 0 Å². The molecule has 1 atom stereocenters. The van der Waals surface area contributed by atoms with Gasteiger partial charge in [-0.1, -0.05) is 18.5 Å². The van der Waals surface area contributed by atoms with Gasteiger partial charge in [0.15, 0.2) is 11.6 Å². The zero-order valence-electron chi connectivity index (χ0n) is 8.23. The fourth-order valence-corrected chi connectivity index (χ4v) is 1.58. The van der Waals surface area contributed by atoms with Gasteiger partial charge in [-0.15, -0.1) is 0 Å². The van der Waals surface area contributed by atoms with Crippen molar-refractivity contribution in [2.24, 2.45) is 5.73 Å². The van der Waals surface area contributed by atoms with E-state index < -0.39 is 22.4 Å². The predicted molar refractivity (Wildman–Crippen MR) is 55.1 cm³/mol. The van der Waals surface area contributed by atoms with E-state index in [4.69, 9.17) is 17.3 Å². The molecule has 1 aromatic rings. The summed E-state index contributed by atoms with van der Waals surface area (Å²) in [7, 11) is 0. The molecule has 0 saturated carbocycles. The topological polar surface area (TPSA) is 46.2 Å². The zero-order valence-corrected chi connectivity index (χ0v) is 8.98. The molecule has 0 spiro atoms. The molecule has 0 bridgehead atoms. The highest BCUT2D eigenvalue weighted by Crippen LogP contribution is 2.36. The minimum atomic E-state index is -1.22. The Hall–Kier alpha value is -0.870. The second-order valence-electron chi connectivity index (χ2n) is 3.40. The summed E-state index contributed by atoms with van der Waals surface area (Å²) in [5, 5.41) is 8.95. The number of halogens is 3. The van der Waals surface area contributed by atoms with E-state index in [9.17, 15) is 13.9 Å². The van der Waals surface area contributed by atoms with Gasteiger partial charge < -0.3 is 10.8 Å². The maximum Gasteiger partial charge on any atom is 0.181 e. The molecule has 1 rings (SSSR count). The van der Waals surface area contributed by atoms with Crippen molar-refractivity contribution in [3.05, 3.63) is 28.3 Å². The molecular weight excluding hydrogens is 224 g/mol. The van der Waals surface area contributed by atoms with Crippen LogP contribution in [0.5, 0.6) is 5.75 Å². The molecule has 0 heterocycles. The molecule has 3 N–H and O–H groups in total. The number of rotatable bonds is 3. The van der Waals surface area contributed by atoms with Gasteiger partial charge >= 0.3 is 0 Å². The summed E-state index contributed by atoms with van der Waals surface area (Å²) in [5.41, 5.74) is 5.62. The number of hydrogen-bond donors (Lipinski definition) is 2. The van der Waals surface area contributed by atoms with Gasteiger partial charge in [0, 0.05) is 5.56 Å². The summed E-state index contributed by atoms with van der Waals surface area (Å²) in [6.45, 7) is 2.16. The predicted octanol–water partition coefficient (Wildman–Crippen LogP) is 2.78. The first-order valence-electron chi connectivity index (χ1n) is 4.55. The molecular formula is C10H12ClF2NO. The van der Waals surface area contributed by atoms with Gasteiger partial charge in [0.05, 0.1) is 0 Å². The number of hydrogen-bond acceptors (Lipinski definition) is 2.